The molecule has 1 fully saturated rings. The molecule has 2 rings (SSSR count). The van der Waals surface area contributed by atoms with Gasteiger partial charge in [0.05, 0.1) is 17.5 Å². The van der Waals surface area contributed by atoms with Crippen LogP contribution in [0.5, 0.6) is 0 Å². The lowest BCUT2D eigenvalue weighted by molar-refractivity contribution is 0.0744. The molecule has 9 heteroatoms. The van der Waals surface area contributed by atoms with Crippen molar-refractivity contribution < 1.29 is 13.2 Å². The Morgan fingerprint density at radius 3 is 2.65 bits per heavy atom. The second kappa shape index (κ2) is 7.70. The van der Waals surface area contributed by atoms with Gasteiger partial charge in [0.25, 0.3) is 5.91 Å². The third kappa shape index (κ3) is 4.97. The van der Waals surface area contributed by atoms with Gasteiger partial charge in [-0.1, -0.05) is 11.6 Å². The van der Waals surface area contributed by atoms with E-state index < -0.39 is 10.0 Å². The van der Waals surface area contributed by atoms with Crippen molar-refractivity contribution in [2.24, 2.45) is 11.7 Å². The minimum absolute atomic E-state index is 0. The van der Waals surface area contributed by atoms with Gasteiger partial charge in [-0.05, 0) is 44.0 Å². The molecule has 1 aromatic carbocycles. The number of halogens is 2. The third-order valence-corrected chi connectivity index (χ3v) is 4.59. The van der Waals surface area contributed by atoms with Crippen LogP contribution in [0, 0.1) is 5.92 Å². The summed E-state index contributed by atoms with van der Waals surface area (Å²) in [4.78, 5) is 14.5. The standard InChI is InChI=1S/C14H20ClN3O3S.ClH/c1-9-5-10(7-16)8-18(9)14(19)12-6-11(15)3-4-13(12)17-22(2,20)21;/h3-4,6,9-10,17H,5,7-8,16H2,1-2H3;1H. The van der Waals surface area contributed by atoms with Crippen LogP contribution in [0.3, 0.4) is 0 Å². The van der Waals surface area contributed by atoms with Gasteiger partial charge in [-0.2, -0.15) is 0 Å². The van der Waals surface area contributed by atoms with Gasteiger partial charge in [-0.3, -0.25) is 9.52 Å². The van der Waals surface area contributed by atoms with E-state index in [1.807, 2.05) is 6.92 Å². The van der Waals surface area contributed by atoms with Crippen LogP contribution in [0.1, 0.15) is 23.7 Å². The Hall–Kier alpha value is -1.02. The first kappa shape index (κ1) is 20.0. The van der Waals surface area contributed by atoms with Crippen molar-refractivity contribution in [1.82, 2.24) is 4.90 Å². The molecule has 0 aliphatic carbocycles. The van der Waals surface area contributed by atoms with E-state index in [1.54, 1.807) is 11.0 Å². The number of benzene rings is 1. The molecule has 1 aliphatic heterocycles. The summed E-state index contributed by atoms with van der Waals surface area (Å²) in [7, 11) is -3.48. The van der Waals surface area contributed by atoms with E-state index >= 15 is 0 Å². The number of nitrogens with zero attached hydrogens (tertiary/aromatic N) is 1. The number of anilines is 1. The molecule has 0 aromatic heterocycles. The van der Waals surface area contributed by atoms with Gasteiger partial charge in [0.2, 0.25) is 10.0 Å². The largest absolute Gasteiger partial charge is 0.336 e. The Kier molecular flexibility index (Phi) is 6.70. The zero-order valence-electron chi connectivity index (χ0n) is 13.0. The molecular weight excluding hydrogens is 361 g/mol. The Morgan fingerprint density at radius 2 is 2.13 bits per heavy atom. The fourth-order valence-electron chi connectivity index (χ4n) is 2.73. The maximum absolute atomic E-state index is 12.8. The van der Waals surface area contributed by atoms with E-state index in [0.29, 0.717) is 18.1 Å². The summed E-state index contributed by atoms with van der Waals surface area (Å²) in [6.45, 7) is 3.06. The van der Waals surface area contributed by atoms with E-state index in [-0.39, 0.29) is 41.5 Å². The minimum atomic E-state index is -3.48. The summed E-state index contributed by atoms with van der Waals surface area (Å²) in [5.41, 5.74) is 6.17. The highest BCUT2D eigenvalue weighted by atomic mass is 35.5. The molecule has 0 spiro atoms. The average molecular weight is 382 g/mol. The second-order valence-corrected chi connectivity index (χ2v) is 7.89. The number of nitrogens with one attached hydrogen (secondary N) is 1. The summed E-state index contributed by atoms with van der Waals surface area (Å²) in [6, 6.07) is 4.59. The number of nitrogens with two attached hydrogens (primary N) is 1. The van der Waals surface area contributed by atoms with Gasteiger partial charge in [-0.15, -0.1) is 12.4 Å². The molecule has 1 aromatic rings. The van der Waals surface area contributed by atoms with Gasteiger partial charge < -0.3 is 10.6 Å². The maximum atomic E-state index is 12.8. The fourth-order valence-corrected chi connectivity index (χ4v) is 3.48. The highest BCUT2D eigenvalue weighted by Crippen LogP contribution is 2.28. The first-order chi connectivity index (χ1) is 10.2. The lowest BCUT2D eigenvalue weighted by Crippen LogP contribution is -2.35. The monoisotopic (exact) mass is 381 g/mol. The zero-order valence-corrected chi connectivity index (χ0v) is 15.3. The molecule has 3 N–H and O–H groups in total. The van der Waals surface area contributed by atoms with E-state index in [0.717, 1.165) is 12.7 Å². The van der Waals surface area contributed by atoms with Crippen LogP contribution >= 0.6 is 24.0 Å². The summed E-state index contributed by atoms with van der Waals surface area (Å²) in [5.74, 6) is 0.0292. The topological polar surface area (TPSA) is 92.5 Å². The summed E-state index contributed by atoms with van der Waals surface area (Å²) in [6.07, 6.45) is 1.89. The highest BCUT2D eigenvalue weighted by molar-refractivity contribution is 7.92. The number of amides is 1. The number of carbonyl (C=O) groups is 1. The van der Waals surface area contributed by atoms with Gasteiger partial charge in [0, 0.05) is 17.6 Å². The number of rotatable bonds is 4. The lowest BCUT2D eigenvalue weighted by Gasteiger charge is -2.23. The van der Waals surface area contributed by atoms with Crippen molar-refractivity contribution in [3.05, 3.63) is 28.8 Å². The molecule has 6 nitrogen and oxygen atoms in total. The minimum Gasteiger partial charge on any atom is -0.336 e. The smallest absolute Gasteiger partial charge is 0.256 e. The average Bonchev–Trinajstić information content (AvgIpc) is 2.80. The molecule has 1 amide bonds. The summed E-state index contributed by atoms with van der Waals surface area (Å²) < 4.78 is 25.3. The Balaban J connectivity index is 0.00000264. The predicted octanol–water partition coefficient (Wildman–Crippen LogP) is 1.94. The maximum Gasteiger partial charge on any atom is 0.256 e. The molecule has 2 unspecified atom stereocenters. The number of sulfonamides is 1. The quantitative estimate of drug-likeness (QED) is 0.833. The molecule has 1 saturated heterocycles. The van der Waals surface area contributed by atoms with Crippen molar-refractivity contribution in [1.29, 1.82) is 0 Å². The molecule has 0 saturated carbocycles. The summed E-state index contributed by atoms with van der Waals surface area (Å²) >= 11 is 5.96. The van der Waals surface area contributed by atoms with E-state index in [1.165, 1.54) is 12.1 Å². The molecule has 0 bridgehead atoms. The molecule has 1 heterocycles. The summed E-state index contributed by atoms with van der Waals surface area (Å²) in [5, 5.41) is 0.379. The van der Waals surface area contributed by atoms with Gasteiger partial charge in [0.15, 0.2) is 0 Å². The van der Waals surface area contributed by atoms with Crippen molar-refractivity contribution >= 4 is 45.6 Å². The van der Waals surface area contributed by atoms with Gasteiger partial charge in [-0.25, -0.2) is 8.42 Å². The van der Waals surface area contributed by atoms with Gasteiger partial charge >= 0.3 is 0 Å². The van der Waals surface area contributed by atoms with Crippen molar-refractivity contribution in [2.75, 3.05) is 24.1 Å². The predicted molar refractivity (Wildman–Crippen MR) is 94.8 cm³/mol. The second-order valence-electron chi connectivity index (χ2n) is 5.71. The molecular formula is C14H21Cl2N3O3S. The van der Waals surface area contributed by atoms with Crippen LogP contribution in [0.2, 0.25) is 5.02 Å². The first-order valence-corrected chi connectivity index (χ1v) is 9.26. The van der Waals surface area contributed by atoms with E-state index in [4.69, 9.17) is 17.3 Å². The molecule has 2 atom stereocenters. The Labute approximate surface area is 147 Å². The Bertz CT molecular complexity index is 682. The van der Waals surface area contributed by atoms with Crippen molar-refractivity contribution in [2.45, 2.75) is 19.4 Å². The van der Waals surface area contributed by atoms with Crippen molar-refractivity contribution in [3.63, 3.8) is 0 Å². The first-order valence-electron chi connectivity index (χ1n) is 6.99. The number of carbonyl (C=O) groups excluding carboxylic acids is 1. The molecule has 130 valence electrons. The van der Waals surface area contributed by atoms with Crippen LogP contribution < -0.4 is 10.5 Å². The van der Waals surface area contributed by atoms with Crippen LogP contribution in [-0.2, 0) is 10.0 Å². The van der Waals surface area contributed by atoms with Crippen LogP contribution in [0.15, 0.2) is 18.2 Å². The van der Waals surface area contributed by atoms with Crippen LogP contribution in [0.4, 0.5) is 5.69 Å². The third-order valence-electron chi connectivity index (χ3n) is 3.76. The van der Waals surface area contributed by atoms with Crippen LogP contribution in [-0.4, -0.2) is 44.6 Å². The molecule has 23 heavy (non-hydrogen) atoms. The molecule has 0 radical (unpaired) electrons. The van der Waals surface area contributed by atoms with Crippen molar-refractivity contribution in [3.8, 4) is 0 Å². The number of likely N-dealkylation sites (tertiary alicyclic amines) is 1. The lowest BCUT2D eigenvalue weighted by atomic mass is 10.1. The fraction of sp³-hybridized carbons (Fsp3) is 0.500. The highest BCUT2D eigenvalue weighted by Gasteiger charge is 2.33. The number of hydrogen-bond acceptors (Lipinski definition) is 4. The van der Waals surface area contributed by atoms with E-state index in [9.17, 15) is 13.2 Å². The SMILES string of the molecule is CC1CC(CN)CN1C(=O)c1cc(Cl)ccc1NS(C)(=O)=O.Cl. The Morgan fingerprint density at radius 1 is 1.48 bits per heavy atom. The molecule has 1 aliphatic rings. The van der Waals surface area contributed by atoms with E-state index in [2.05, 4.69) is 4.72 Å². The number of hydrogen-bond donors (Lipinski definition) is 2. The zero-order chi connectivity index (χ0) is 16.5. The normalized spacial score (nSPS) is 21.0. The van der Waals surface area contributed by atoms with Crippen LogP contribution in [0.25, 0.3) is 0 Å². The van der Waals surface area contributed by atoms with Gasteiger partial charge in [0.1, 0.15) is 0 Å².